The molecule has 6 heteroatoms. The van der Waals surface area contributed by atoms with Crippen LogP contribution in [0, 0.1) is 11.6 Å². The van der Waals surface area contributed by atoms with E-state index >= 15 is 0 Å². The van der Waals surface area contributed by atoms with Gasteiger partial charge in [-0.05, 0) is 36.4 Å². The van der Waals surface area contributed by atoms with Gasteiger partial charge >= 0.3 is 0 Å². The molecule has 0 aliphatic rings. The van der Waals surface area contributed by atoms with Crippen LogP contribution in [-0.4, -0.2) is 12.5 Å². The average molecular weight is 355 g/mol. The summed E-state index contributed by atoms with van der Waals surface area (Å²) in [5, 5.41) is 5.61. The summed E-state index contributed by atoms with van der Waals surface area (Å²) in [5.74, 6) is -2.20. The number of hydrogen-bond donors (Lipinski definition) is 2. The lowest BCUT2D eigenvalue weighted by atomic mass is 10.2. The third-order valence-electron chi connectivity index (χ3n) is 2.73. The number of amides is 1. The third-order valence-corrected chi connectivity index (χ3v) is 3.26. The van der Waals surface area contributed by atoms with Crippen molar-refractivity contribution in [2.45, 2.75) is 6.42 Å². The van der Waals surface area contributed by atoms with Crippen molar-refractivity contribution in [1.82, 2.24) is 0 Å². The van der Waals surface area contributed by atoms with Gasteiger partial charge in [0, 0.05) is 34.9 Å². The van der Waals surface area contributed by atoms with Crippen LogP contribution in [0.15, 0.2) is 46.9 Å². The Morgan fingerprint density at radius 2 is 1.67 bits per heavy atom. The van der Waals surface area contributed by atoms with Crippen molar-refractivity contribution < 1.29 is 13.6 Å². The van der Waals surface area contributed by atoms with E-state index in [0.29, 0.717) is 6.54 Å². The standard InChI is InChI=1S/C15H13BrF2N2O/c16-10-1-3-11(4-2-10)19-8-7-15(21)20-12-5-6-13(17)14(18)9-12/h1-6,9,19H,7-8H2,(H,20,21). The summed E-state index contributed by atoms with van der Waals surface area (Å²) < 4.78 is 26.7. The number of anilines is 2. The fraction of sp³-hybridized carbons (Fsp3) is 0.133. The highest BCUT2D eigenvalue weighted by Gasteiger charge is 2.06. The molecule has 21 heavy (non-hydrogen) atoms. The molecule has 0 saturated carbocycles. The number of nitrogens with one attached hydrogen (secondary N) is 2. The van der Waals surface area contributed by atoms with Crippen molar-refractivity contribution in [3.63, 3.8) is 0 Å². The first kappa shape index (κ1) is 15.4. The van der Waals surface area contributed by atoms with Crippen molar-refractivity contribution in [2.75, 3.05) is 17.2 Å². The van der Waals surface area contributed by atoms with E-state index < -0.39 is 11.6 Å². The van der Waals surface area contributed by atoms with Gasteiger partial charge in [0.25, 0.3) is 0 Å². The van der Waals surface area contributed by atoms with E-state index in [1.54, 1.807) is 0 Å². The second-order valence-electron chi connectivity index (χ2n) is 4.36. The zero-order chi connectivity index (χ0) is 15.2. The number of hydrogen-bond acceptors (Lipinski definition) is 2. The van der Waals surface area contributed by atoms with Crippen LogP contribution in [-0.2, 0) is 4.79 Å². The predicted octanol–water partition coefficient (Wildman–Crippen LogP) is 4.17. The number of carbonyl (C=O) groups is 1. The zero-order valence-electron chi connectivity index (χ0n) is 11.0. The van der Waals surface area contributed by atoms with E-state index in [2.05, 4.69) is 26.6 Å². The van der Waals surface area contributed by atoms with Crippen LogP contribution >= 0.6 is 15.9 Å². The molecule has 0 bridgehead atoms. The maximum Gasteiger partial charge on any atom is 0.226 e. The Hall–Kier alpha value is -1.95. The Labute approximate surface area is 129 Å². The van der Waals surface area contributed by atoms with Crippen LogP contribution in [0.2, 0.25) is 0 Å². The largest absolute Gasteiger partial charge is 0.385 e. The Morgan fingerprint density at radius 1 is 1.00 bits per heavy atom. The molecule has 1 amide bonds. The molecule has 110 valence electrons. The van der Waals surface area contributed by atoms with Gasteiger partial charge in [0.1, 0.15) is 0 Å². The average Bonchev–Trinajstić information content (AvgIpc) is 2.45. The molecule has 0 fully saturated rings. The summed E-state index contributed by atoms with van der Waals surface area (Å²) in [5.41, 5.74) is 1.14. The lowest BCUT2D eigenvalue weighted by Gasteiger charge is -2.08. The minimum Gasteiger partial charge on any atom is -0.385 e. The monoisotopic (exact) mass is 354 g/mol. The van der Waals surface area contributed by atoms with Gasteiger partial charge < -0.3 is 10.6 Å². The first-order valence-electron chi connectivity index (χ1n) is 6.29. The van der Waals surface area contributed by atoms with Gasteiger partial charge in [-0.2, -0.15) is 0 Å². The van der Waals surface area contributed by atoms with E-state index in [1.807, 2.05) is 24.3 Å². The van der Waals surface area contributed by atoms with E-state index in [1.165, 1.54) is 6.07 Å². The van der Waals surface area contributed by atoms with Gasteiger partial charge in [0.2, 0.25) is 5.91 Å². The maximum atomic E-state index is 13.0. The van der Waals surface area contributed by atoms with E-state index in [0.717, 1.165) is 22.3 Å². The molecular formula is C15H13BrF2N2O. The molecule has 2 N–H and O–H groups in total. The van der Waals surface area contributed by atoms with Gasteiger partial charge in [0.15, 0.2) is 11.6 Å². The maximum absolute atomic E-state index is 13.0. The number of halogens is 3. The quantitative estimate of drug-likeness (QED) is 0.845. The summed E-state index contributed by atoms with van der Waals surface area (Å²) in [7, 11) is 0. The minimum absolute atomic E-state index is 0.217. The van der Waals surface area contributed by atoms with Gasteiger partial charge in [-0.15, -0.1) is 0 Å². The molecule has 0 unspecified atom stereocenters. The topological polar surface area (TPSA) is 41.1 Å². The molecule has 0 heterocycles. The number of benzene rings is 2. The molecule has 3 nitrogen and oxygen atoms in total. The molecular weight excluding hydrogens is 342 g/mol. The van der Waals surface area contributed by atoms with Gasteiger partial charge in [-0.1, -0.05) is 15.9 Å². The lowest BCUT2D eigenvalue weighted by Crippen LogP contribution is -2.16. The second kappa shape index (κ2) is 7.17. The van der Waals surface area contributed by atoms with E-state index in [9.17, 15) is 13.6 Å². The molecule has 0 aromatic heterocycles. The summed E-state index contributed by atoms with van der Waals surface area (Å²) in [6.45, 7) is 0.442. The molecule has 0 spiro atoms. The van der Waals surface area contributed by atoms with Crippen LogP contribution in [0.4, 0.5) is 20.2 Å². The first-order chi connectivity index (χ1) is 10.0. The number of rotatable bonds is 5. The zero-order valence-corrected chi connectivity index (χ0v) is 12.6. The van der Waals surface area contributed by atoms with Crippen LogP contribution < -0.4 is 10.6 Å². The first-order valence-corrected chi connectivity index (χ1v) is 7.08. The Balaban J connectivity index is 1.79. The highest BCUT2D eigenvalue weighted by atomic mass is 79.9. The SMILES string of the molecule is O=C(CCNc1ccc(Br)cc1)Nc1ccc(F)c(F)c1. The molecule has 0 radical (unpaired) electrons. The van der Waals surface area contributed by atoms with Crippen molar-refractivity contribution in [2.24, 2.45) is 0 Å². The summed E-state index contributed by atoms with van der Waals surface area (Å²) in [4.78, 5) is 11.7. The molecule has 0 atom stereocenters. The molecule has 2 aromatic carbocycles. The van der Waals surface area contributed by atoms with Gasteiger partial charge in [0.05, 0.1) is 0 Å². The van der Waals surface area contributed by atoms with E-state index in [4.69, 9.17) is 0 Å². The van der Waals surface area contributed by atoms with Gasteiger partial charge in [-0.3, -0.25) is 4.79 Å². The minimum atomic E-state index is -0.985. The molecule has 2 aromatic rings. The Kier molecular flexibility index (Phi) is 5.27. The highest BCUT2D eigenvalue weighted by Crippen LogP contribution is 2.15. The molecule has 0 aliphatic heterocycles. The van der Waals surface area contributed by atoms with Crippen molar-refractivity contribution >= 4 is 33.2 Å². The molecule has 0 saturated heterocycles. The fourth-order valence-corrected chi connectivity index (χ4v) is 1.95. The van der Waals surface area contributed by atoms with Crippen LogP contribution in [0.3, 0.4) is 0 Å². The van der Waals surface area contributed by atoms with Crippen molar-refractivity contribution in [1.29, 1.82) is 0 Å². The fourth-order valence-electron chi connectivity index (χ4n) is 1.69. The lowest BCUT2D eigenvalue weighted by molar-refractivity contribution is -0.115. The van der Waals surface area contributed by atoms with Crippen LogP contribution in [0.1, 0.15) is 6.42 Å². The molecule has 0 aliphatic carbocycles. The van der Waals surface area contributed by atoms with Crippen molar-refractivity contribution in [3.8, 4) is 0 Å². The normalized spacial score (nSPS) is 10.2. The second-order valence-corrected chi connectivity index (χ2v) is 5.28. The Morgan fingerprint density at radius 3 is 2.33 bits per heavy atom. The van der Waals surface area contributed by atoms with Gasteiger partial charge in [-0.25, -0.2) is 8.78 Å². The third kappa shape index (κ3) is 4.82. The summed E-state index contributed by atoms with van der Waals surface area (Å²) in [6, 6.07) is 10.8. The summed E-state index contributed by atoms with van der Waals surface area (Å²) >= 11 is 3.34. The summed E-state index contributed by atoms with van der Waals surface area (Å²) in [6.07, 6.45) is 0.217. The number of carbonyl (C=O) groups excluding carboxylic acids is 1. The Bertz CT molecular complexity index is 632. The van der Waals surface area contributed by atoms with Crippen LogP contribution in [0.25, 0.3) is 0 Å². The highest BCUT2D eigenvalue weighted by molar-refractivity contribution is 9.10. The van der Waals surface area contributed by atoms with Crippen LogP contribution in [0.5, 0.6) is 0 Å². The molecule has 2 rings (SSSR count). The smallest absolute Gasteiger partial charge is 0.226 e. The predicted molar refractivity (Wildman–Crippen MR) is 82.2 cm³/mol. The van der Waals surface area contributed by atoms with E-state index in [-0.39, 0.29) is 18.0 Å². The van der Waals surface area contributed by atoms with Crippen molar-refractivity contribution in [3.05, 3.63) is 58.6 Å².